The molecule has 108 valence electrons. The van der Waals surface area contributed by atoms with Crippen molar-refractivity contribution in [2.24, 2.45) is 0 Å². The number of benzene rings is 1. The normalized spacial score (nSPS) is 10.6. The van der Waals surface area contributed by atoms with E-state index in [9.17, 15) is 4.79 Å². The molecule has 0 aliphatic heterocycles. The number of ether oxygens (including phenoxy) is 1. The predicted octanol–water partition coefficient (Wildman–Crippen LogP) is 3.36. The summed E-state index contributed by atoms with van der Waals surface area (Å²) in [6, 6.07) is 9.48. The van der Waals surface area contributed by atoms with Crippen LogP contribution in [0.4, 0.5) is 5.82 Å². The Balaban J connectivity index is 2.08. The Bertz CT molecular complexity index is 661. The van der Waals surface area contributed by atoms with Crippen molar-refractivity contribution >= 4 is 17.8 Å². The fourth-order valence-corrected chi connectivity index (χ4v) is 1.86. The van der Waals surface area contributed by atoms with Gasteiger partial charge in [0, 0.05) is 17.8 Å². The van der Waals surface area contributed by atoms with Crippen molar-refractivity contribution < 1.29 is 9.53 Å². The van der Waals surface area contributed by atoms with E-state index >= 15 is 0 Å². The Kier molecular flexibility index (Phi) is 4.72. The zero-order valence-corrected chi connectivity index (χ0v) is 12.4. The zero-order valence-electron chi connectivity index (χ0n) is 12.4. The van der Waals surface area contributed by atoms with Gasteiger partial charge in [0.15, 0.2) is 0 Å². The van der Waals surface area contributed by atoms with Crippen molar-refractivity contribution in [2.75, 3.05) is 12.4 Å². The summed E-state index contributed by atoms with van der Waals surface area (Å²) in [5.74, 6) is 1.04. The molecule has 1 heterocycles. The summed E-state index contributed by atoms with van der Waals surface area (Å²) in [7, 11) is 1.61. The molecule has 0 aliphatic rings. The summed E-state index contributed by atoms with van der Waals surface area (Å²) < 4.78 is 5.27. The number of nitrogens with zero attached hydrogens (tertiary/aromatic N) is 1. The zero-order chi connectivity index (χ0) is 15.2. The van der Waals surface area contributed by atoms with Crippen molar-refractivity contribution in [1.82, 2.24) is 4.98 Å². The molecule has 0 spiro atoms. The van der Waals surface area contributed by atoms with Crippen LogP contribution in [0.1, 0.15) is 16.7 Å². The molecule has 0 radical (unpaired) electrons. The number of carbonyl (C=O) groups excluding carboxylic acids is 1. The van der Waals surface area contributed by atoms with Gasteiger partial charge in [-0.15, -0.1) is 0 Å². The Hall–Kier alpha value is -2.62. The SMILES string of the molecule is COc1ccc(C)cc1/C=C/C(=O)Nc1ccc(C)cn1. The van der Waals surface area contributed by atoms with E-state index in [-0.39, 0.29) is 5.91 Å². The fraction of sp³-hybridized carbons (Fsp3) is 0.176. The third kappa shape index (κ3) is 4.18. The molecule has 2 aromatic rings. The second kappa shape index (κ2) is 6.70. The maximum absolute atomic E-state index is 11.9. The number of amides is 1. The van der Waals surface area contributed by atoms with Crippen LogP contribution in [0, 0.1) is 13.8 Å². The molecule has 0 bridgehead atoms. The van der Waals surface area contributed by atoms with Gasteiger partial charge in [0.1, 0.15) is 11.6 Å². The number of carbonyl (C=O) groups is 1. The number of nitrogens with one attached hydrogen (secondary N) is 1. The third-order valence-electron chi connectivity index (χ3n) is 2.96. The van der Waals surface area contributed by atoms with Crippen LogP contribution < -0.4 is 10.1 Å². The molecule has 0 saturated carbocycles. The summed E-state index contributed by atoms with van der Waals surface area (Å²) in [5.41, 5.74) is 3.02. The average molecular weight is 282 g/mol. The second-order valence-corrected chi connectivity index (χ2v) is 4.79. The number of methoxy groups -OCH3 is 1. The molecule has 0 atom stereocenters. The molecule has 1 aromatic carbocycles. The first-order chi connectivity index (χ1) is 10.1. The molecule has 4 nitrogen and oxygen atoms in total. The standard InChI is InChI=1S/C17H18N2O2/c1-12-4-7-15(21-3)14(10-12)6-9-17(20)19-16-8-5-13(2)11-18-16/h4-11H,1-3H3,(H,18,19,20)/b9-6+. The van der Waals surface area contributed by atoms with E-state index in [4.69, 9.17) is 4.74 Å². The lowest BCUT2D eigenvalue weighted by Crippen LogP contribution is -2.09. The van der Waals surface area contributed by atoms with Gasteiger partial charge in [0.2, 0.25) is 5.91 Å². The minimum atomic E-state index is -0.227. The molecule has 2 rings (SSSR count). The quantitative estimate of drug-likeness (QED) is 0.875. The molecule has 21 heavy (non-hydrogen) atoms. The highest BCUT2D eigenvalue weighted by Crippen LogP contribution is 2.21. The molecule has 4 heteroatoms. The maximum Gasteiger partial charge on any atom is 0.249 e. The Morgan fingerprint density at radius 3 is 2.62 bits per heavy atom. The second-order valence-electron chi connectivity index (χ2n) is 4.79. The fourth-order valence-electron chi connectivity index (χ4n) is 1.86. The first kappa shape index (κ1) is 14.8. The maximum atomic E-state index is 11.9. The highest BCUT2D eigenvalue weighted by Gasteiger charge is 2.02. The van der Waals surface area contributed by atoms with Crippen molar-refractivity contribution in [3.8, 4) is 5.75 Å². The summed E-state index contributed by atoms with van der Waals surface area (Å²) >= 11 is 0. The van der Waals surface area contributed by atoms with Gasteiger partial charge in [-0.1, -0.05) is 17.7 Å². The lowest BCUT2D eigenvalue weighted by atomic mass is 10.1. The van der Waals surface area contributed by atoms with Gasteiger partial charge in [0.05, 0.1) is 7.11 Å². The molecule has 1 aromatic heterocycles. The summed E-state index contributed by atoms with van der Waals surface area (Å²) in [5, 5.41) is 2.71. The van der Waals surface area contributed by atoms with Crippen LogP contribution >= 0.6 is 0 Å². The van der Waals surface area contributed by atoms with E-state index in [1.165, 1.54) is 6.08 Å². The largest absolute Gasteiger partial charge is 0.496 e. The van der Waals surface area contributed by atoms with Gasteiger partial charge in [-0.3, -0.25) is 4.79 Å². The smallest absolute Gasteiger partial charge is 0.249 e. The van der Waals surface area contributed by atoms with Gasteiger partial charge < -0.3 is 10.1 Å². The van der Waals surface area contributed by atoms with Crippen LogP contribution in [0.3, 0.4) is 0 Å². The highest BCUT2D eigenvalue weighted by molar-refractivity contribution is 6.01. The third-order valence-corrected chi connectivity index (χ3v) is 2.96. The summed E-state index contributed by atoms with van der Waals surface area (Å²) in [6.45, 7) is 3.94. The van der Waals surface area contributed by atoms with Crippen LogP contribution in [-0.2, 0) is 4.79 Å². The van der Waals surface area contributed by atoms with E-state index in [1.807, 2.05) is 38.1 Å². The molecular weight excluding hydrogens is 264 g/mol. The Morgan fingerprint density at radius 2 is 1.95 bits per heavy atom. The number of hydrogen-bond acceptors (Lipinski definition) is 3. The van der Waals surface area contributed by atoms with E-state index < -0.39 is 0 Å². The minimum Gasteiger partial charge on any atom is -0.496 e. The molecular formula is C17H18N2O2. The van der Waals surface area contributed by atoms with E-state index in [0.717, 1.165) is 22.4 Å². The first-order valence-corrected chi connectivity index (χ1v) is 6.65. The molecule has 1 amide bonds. The van der Waals surface area contributed by atoms with Gasteiger partial charge in [-0.2, -0.15) is 0 Å². The first-order valence-electron chi connectivity index (χ1n) is 6.65. The molecule has 0 unspecified atom stereocenters. The lowest BCUT2D eigenvalue weighted by Gasteiger charge is -2.05. The highest BCUT2D eigenvalue weighted by atomic mass is 16.5. The van der Waals surface area contributed by atoms with Crippen LogP contribution in [0.5, 0.6) is 5.75 Å². The molecule has 0 saturated heterocycles. The van der Waals surface area contributed by atoms with Gasteiger partial charge >= 0.3 is 0 Å². The van der Waals surface area contributed by atoms with Crippen LogP contribution in [0.15, 0.2) is 42.6 Å². The predicted molar refractivity (Wildman–Crippen MR) is 84.4 cm³/mol. The summed E-state index contributed by atoms with van der Waals surface area (Å²) in [4.78, 5) is 16.0. The number of aryl methyl sites for hydroxylation is 2. The molecule has 0 aliphatic carbocycles. The molecule has 0 fully saturated rings. The average Bonchev–Trinajstić information content (AvgIpc) is 2.48. The van der Waals surface area contributed by atoms with Crippen molar-refractivity contribution in [3.05, 3.63) is 59.3 Å². The summed E-state index contributed by atoms with van der Waals surface area (Å²) in [6.07, 6.45) is 4.91. The Morgan fingerprint density at radius 1 is 1.19 bits per heavy atom. The number of rotatable bonds is 4. The minimum absolute atomic E-state index is 0.227. The van der Waals surface area contributed by atoms with E-state index in [2.05, 4.69) is 10.3 Å². The van der Waals surface area contributed by atoms with Gasteiger partial charge in [0.25, 0.3) is 0 Å². The number of aromatic nitrogens is 1. The molecule has 1 N–H and O–H groups in total. The monoisotopic (exact) mass is 282 g/mol. The Labute approximate surface area is 124 Å². The number of hydrogen-bond donors (Lipinski definition) is 1. The number of pyridine rings is 1. The van der Waals surface area contributed by atoms with Crippen molar-refractivity contribution in [2.45, 2.75) is 13.8 Å². The van der Waals surface area contributed by atoms with E-state index in [1.54, 1.807) is 25.4 Å². The topological polar surface area (TPSA) is 51.2 Å². The van der Waals surface area contributed by atoms with E-state index in [0.29, 0.717) is 5.82 Å². The van der Waals surface area contributed by atoms with Crippen molar-refractivity contribution in [1.29, 1.82) is 0 Å². The number of anilines is 1. The van der Waals surface area contributed by atoms with Gasteiger partial charge in [-0.05, 0) is 43.7 Å². The van der Waals surface area contributed by atoms with Crippen LogP contribution in [0.2, 0.25) is 0 Å². The van der Waals surface area contributed by atoms with Crippen molar-refractivity contribution in [3.63, 3.8) is 0 Å². The van der Waals surface area contributed by atoms with Gasteiger partial charge in [-0.25, -0.2) is 4.98 Å². The van der Waals surface area contributed by atoms with Crippen LogP contribution in [0.25, 0.3) is 6.08 Å². The lowest BCUT2D eigenvalue weighted by molar-refractivity contribution is -0.111. The van der Waals surface area contributed by atoms with Crippen LogP contribution in [-0.4, -0.2) is 18.0 Å².